The number of halogens is 6. The van der Waals surface area contributed by atoms with Gasteiger partial charge in [-0.1, -0.05) is 0 Å². The Labute approximate surface area is 127 Å². The number of aromatic nitrogens is 1. The van der Waals surface area contributed by atoms with E-state index in [2.05, 4.69) is 14.5 Å². The Morgan fingerprint density at radius 2 is 1.65 bits per heavy atom. The zero-order valence-corrected chi connectivity index (χ0v) is 12.2. The topological polar surface area (TPSA) is 55.1 Å². The van der Waals surface area contributed by atoms with Crippen LogP contribution in [0, 0.1) is 34.8 Å². The summed E-state index contributed by atoms with van der Waals surface area (Å²) in [6.07, 6.45) is -8.79. The summed E-state index contributed by atoms with van der Waals surface area (Å²) in [5, 5.41) is 8.64. The van der Waals surface area contributed by atoms with Crippen molar-refractivity contribution < 1.29 is 35.8 Å². The predicted molar refractivity (Wildman–Crippen MR) is 64.6 cm³/mol. The summed E-state index contributed by atoms with van der Waals surface area (Å²) >= 11 is 0. The Morgan fingerprint density at radius 1 is 1.09 bits per heavy atom. The van der Waals surface area contributed by atoms with Crippen molar-refractivity contribution >= 4 is 0 Å². The molecule has 128 valence electrons. The van der Waals surface area contributed by atoms with Gasteiger partial charge in [0.2, 0.25) is 0 Å². The lowest BCUT2D eigenvalue weighted by Crippen LogP contribution is -2.40. The van der Waals surface area contributed by atoms with Gasteiger partial charge in [0.15, 0.2) is 17.3 Å². The van der Waals surface area contributed by atoms with Gasteiger partial charge in [-0.2, -0.15) is 22.8 Å². The van der Waals surface area contributed by atoms with Crippen LogP contribution in [0.15, 0.2) is 0 Å². The first-order valence-electron chi connectivity index (χ1n) is 6.16. The largest absolute Gasteiger partial charge is 0.397 e. The maximum Gasteiger partial charge on any atom is 0.397 e. The molecule has 3 unspecified atom stereocenters. The van der Waals surface area contributed by atoms with Crippen LogP contribution in [-0.2, 0) is 9.47 Å². The van der Waals surface area contributed by atoms with E-state index in [0.717, 1.165) is 27.2 Å². The van der Waals surface area contributed by atoms with E-state index in [0.29, 0.717) is 0 Å². The molecule has 0 saturated heterocycles. The van der Waals surface area contributed by atoms with Gasteiger partial charge in [0.25, 0.3) is 5.95 Å². The minimum Gasteiger partial charge on any atom is -0.381 e. The molecule has 0 saturated carbocycles. The molecule has 0 spiro atoms. The fraction of sp³-hybridized carbons (Fsp3) is 0.538. The van der Waals surface area contributed by atoms with Crippen LogP contribution in [-0.4, -0.2) is 31.5 Å². The zero-order valence-electron chi connectivity index (χ0n) is 12.2. The highest BCUT2D eigenvalue weighted by atomic mass is 19.4. The number of nitrogens with zero attached hydrogens (tertiary/aromatic N) is 2. The number of alkyl halides is 3. The van der Waals surface area contributed by atoms with Gasteiger partial charge in [0.1, 0.15) is 18.1 Å². The second-order valence-electron chi connectivity index (χ2n) is 4.57. The predicted octanol–water partition coefficient (Wildman–Crippen LogP) is 3.27. The first-order chi connectivity index (χ1) is 10.6. The highest BCUT2D eigenvalue weighted by Crippen LogP contribution is 2.43. The van der Waals surface area contributed by atoms with E-state index in [4.69, 9.17) is 5.26 Å². The number of hydrogen-bond acceptors (Lipinski definition) is 4. The van der Waals surface area contributed by atoms with Crippen molar-refractivity contribution in [3.8, 4) is 6.07 Å². The molecule has 10 heteroatoms. The van der Waals surface area contributed by atoms with Crippen molar-refractivity contribution in [3.05, 3.63) is 28.8 Å². The Hall–Kier alpha value is -1.86. The van der Waals surface area contributed by atoms with E-state index in [9.17, 15) is 26.3 Å². The van der Waals surface area contributed by atoms with Crippen molar-refractivity contribution in [3.63, 3.8) is 0 Å². The van der Waals surface area contributed by atoms with Crippen molar-refractivity contribution in [2.75, 3.05) is 14.2 Å². The average Bonchev–Trinajstić information content (AvgIpc) is 2.48. The Kier molecular flexibility index (Phi) is 5.96. The van der Waals surface area contributed by atoms with Gasteiger partial charge in [-0.3, -0.25) is 0 Å². The van der Waals surface area contributed by atoms with Crippen LogP contribution in [0.25, 0.3) is 0 Å². The first kappa shape index (κ1) is 19.2. The molecule has 1 rings (SSSR count). The zero-order chi connectivity index (χ0) is 17.9. The van der Waals surface area contributed by atoms with Crippen molar-refractivity contribution in [1.29, 1.82) is 5.26 Å². The number of ether oxygens (including phenoxy) is 2. The molecule has 0 N–H and O–H groups in total. The van der Waals surface area contributed by atoms with Crippen molar-refractivity contribution in [2.24, 2.45) is 5.92 Å². The highest BCUT2D eigenvalue weighted by molar-refractivity contribution is 5.32. The summed E-state index contributed by atoms with van der Waals surface area (Å²) in [7, 11) is 1.74. The number of pyridine rings is 1. The molecular weight excluding hydrogens is 330 g/mol. The molecule has 0 bridgehead atoms. The third-order valence-electron chi connectivity index (χ3n) is 3.30. The summed E-state index contributed by atoms with van der Waals surface area (Å²) in [5.74, 6) is -8.07. The molecule has 1 aromatic heterocycles. The number of nitriles is 1. The molecule has 1 aromatic rings. The number of methoxy groups -OCH3 is 2. The van der Waals surface area contributed by atoms with Gasteiger partial charge in [0.05, 0.1) is 11.7 Å². The van der Waals surface area contributed by atoms with Gasteiger partial charge < -0.3 is 9.47 Å². The SMILES string of the molecule is COC(C)C(C(OC)c1c(F)c(F)nc(C#N)c1F)C(F)(F)F. The second-order valence-corrected chi connectivity index (χ2v) is 4.57. The summed E-state index contributed by atoms with van der Waals surface area (Å²) in [6, 6.07) is 1.14. The lowest BCUT2D eigenvalue weighted by Gasteiger charge is -2.32. The minimum absolute atomic E-state index is 0.773. The van der Waals surface area contributed by atoms with Gasteiger partial charge in [-0.15, -0.1) is 0 Å². The average molecular weight is 342 g/mol. The van der Waals surface area contributed by atoms with Crippen LogP contribution in [0.4, 0.5) is 26.3 Å². The maximum atomic E-state index is 14.1. The quantitative estimate of drug-likeness (QED) is 0.609. The molecule has 0 aliphatic heterocycles. The van der Waals surface area contributed by atoms with Crippen LogP contribution in [0.3, 0.4) is 0 Å². The summed E-state index contributed by atoms with van der Waals surface area (Å²) in [6.45, 7) is 1.02. The van der Waals surface area contributed by atoms with Crippen molar-refractivity contribution in [1.82, 2.24) is 4.98 Å². The van der Waals surface area contributed by atoms with Crippen LogP contribution in [0.2, 0.25) is 0 Å². The van der Waals surface area contributed by atoms with Gasteiger partial charge in [-0.05, 0) is 6.92 Å². The van der Waals surface area contributed by atoms with E-state index in [1.165, 1.54) is 0 Å². The smallest absolute Gasteiger partial charge is 0.381 e. The second kappa shape index (κ2) is 7.14. The summed E-state index contributed by atoms with van der Waals surface area (Å²) in [5.41, 5.74) is -2.53. The Balaban J connectivity index is 3.63. The van der Waals surface area contributed by atoms with Crippen LogP contribution in [0.1, 0.15) is 24.3 Å². The van der Waals surface area contributed by atoms with Crippen LogP contribution < -0.4 is 0 Å². The molecule has 0 aliphatic carbocycles. The Bertz CT molecular complexity index is 614. The molecule has 0 aromatic carbocycles. The van der Waals surface area contributed by atoms with Crippen molar-refractivity contribution in [2.45, 2.75) is 25.3 Å². The first-order valence-corrected chi connectivity index (χ1v) is 6.16. The van der Waals surface area contributed by atoms with E-state index in [1.54, 1.807) is 0 Å². The van der Waals surface area contributed by atoms with E-state index in [-0.39, 0.29) is 0 Å². The molecule has 1 heterocycles. The minimum atomic E-state index is -4.97. The number of hydrogen-bond donors (Lipinski definition) is 0. The monoisotopic (exact) mass is 342 g/mol. The third kappa shape index (κ3) is 3.73. The maximum absolute atomic E-state index is 14.1. The fourth-order valence-electron chi connectivity index (χ4n) is 2.13. The van der Waals surface area contributed by atoms with E-state index in [1.807, 2.05) is 0 Å². The molecule has 0 fully saturated rings. The van der Waals surface area contributed by atoms with Gasteiger partial charge in [-0.25, -0.2) is 13.8 Å². The lowest BCUT2D eigenvalue weighted by atomic mass is 9.90. The molecule has 4 nitrogen and oxygen atoms in total. The number of rotatable bonds is 5. The molecular formula is C13H12F6N2O2. The van der Waals surface area contributed by atoms with E-state index >= 15 is 0 Å². The van der Waals surface area contributed by atoms with E-state index < -0.39 is 53.1 Å². The summed E-state index contributed by atoms with van der Waals surface area (Å²) in [4.78, 5) is 2.71. The molecule has 3 atom stereocenters. The van der Waals surface area contributed by atoms with Crippen LogP contribution in [0.5, 0.6) is 0 Å². The summed E-state index contributed by atoms with van der Waals surface area (Å²) < 4.78 is 90.2. The molecule has 0 radical (unpaired) electrons. The lowest BCUT2D eigenvalue weighted by molar-refractivity contribution is -0.233. The molecule has 23 heavy (non-hydrogen) atoms. The molecule has 0 amide bonds. The van der Waals surface area contributed by atoms with Crippen LogP contribution >= 0.6 is 0 Å². The standard InChI is InChI=1S/C13H12F6N2O2/c1-5(22-2)8(13(17,18)19)11(23-3)7-9(14)6(4-20)21-12(16)10(7)15/h5,8,11H,1-3H3. The fourth-order valence-corrected chi connectivity index (χ4v) is 2.13. The van der Waals surface area contributed by atoms with Gasteiger partial charge >= 0.3 is 6.18 Å². The molecule has 0 aliphatic rings. The highest BCUT2D eigenvalue weighted by Gasteiger charge is 2.51. The normalized spacial score (nSPS) is 15.8. The third-order valence-corrected chi connectivity index (χ3v) is 3.30. The Morgan fingerprint density at radius 3 is 2.04 bits per heavy atom. The van der Waals surface area contributed by atoms with Gasteiger partial charge in [0, 0.05) is 14.2 Å².